The maximum Gasteiger partial charge on any atom is 0.165 e. The van der Waals surface area contributed by atoms with Crippen molar-refractivity contribution in [1.29, 1.82) is 0 Å². The minimum absolute atomic E-state index is 0.0295. The van der Waals surface area contributed by atoms with Gasteiger partial charge in [-0.15, -0.1) is 0 Å². The minimum atomic E-state index is -0.760. The third-order valence-electron chi connectivity index (χ3n) is 3.47. The minimum Gasteiger partial charge on any atom is -0.508 e. The second-order valence-corrected chi connectivity index (χ2v) is 5.07. The number of halogens is 2. The second kappa shape index (κ2) is 5.72. The number of rotatable bonds is 2. The van der Waals surface area contributed by atoms with Crippen molar-refractivity contribution in [2.75, 3.05) is 6.61 Å². The van der Waals surface area contributed by atoms with Crippen LogP contribution in [-0.2, 0) is 0 Å². The van der Waals surface area contributed by atoms with Gasteiger partial charge >= 0.3 is 0 Å². The molecule has 0 fully saturated rings. The van der Waals surface area contributed by atoms with Crippen LogP contribution in [0.25, 0.3) is 5.83 Å². The molecule has 3 rings (SSSR count). The molecule has 0 radical (unpaired) electrons. The quantitative estimate of drug-likeness (QED) is 0.877. The van der Waals surface area contributed by atoms with Crippen LogP contribution in [0, 0.1) is 5.82 Å². The average molecular weight is 317 g/mol. The molecule has 118 valence electrons. The highest BCUT2D eigenvalue weighted by atomic mass is 19.1. The van der Waals surface area contributed by atoms with Crippen LogP contribution in [0.4, 0.5) is 14.5 Å². The summed E-state index contributed by atoms with van der Waals surface area (Å²) in [5.41, 5.74) is 1.24. The number of benzene rings is 2. The fourth-order valence-electron chi connectivity index (χ4n) is 2.38. The van der Waals surface area contributed by atoms with Gasteiger partial charge in [-0.2, -0.15) is 0 Å². The van der Waals surface area contributed by atoms with Crippen LogP contribution < -0.4 is 4.74 Å². The van der Waals surface area contributed by atoms with Crippen LogP contribution in [0.2, 0.25) is 0 Å². The van der Waals surface area contributed by atoms with Crippen LogP contribution >= 0.6 is 0 Å². The topological polar surface area (TPSA) is 62.0 Å². The SMILES string of the molecule is C=C(F)c1cc(O)cc2c1OCCC(c1ccc(O)c(F)c1)=N2. The van der Waals surface area contributed by atoms with Gasteiger partial charge < -0.3 is 14.9 Å². The highest BCUT2D eigenvalue weighted by Crippen LogP contribution is 2.41. The predicted molar refractivity (Wildman–Crippen MR) is 82.6 cm³/mol. The van der Waals surface area contributed by atoms with Gasteiger partial charge in [-0.3, -0.25) is 0 Å². The lowest BCUT2D eigenvalue weighted by Crippen LogP contribution is -2.06. The number of aromatic hydroxyl groups is 2. The van der Waals surface area contributed by atoms with Crippen molar-refractivity contribution in [1.82, 2.24) is 0 Å². The number of aliphatic imine (C=N–C) groups is 1. The highest BCUT2D eigenvalue weighted by molar-refractivity contribution is 6.03. The highest BCUT2D eigenvalue weighted by Gasteiger charge is 2.19. The number of phenolic OH excluding ortho intramolecular Hbond substituents is 2. The van der Waals surface area contributed by atoms with E-state index in [-0.39, 0.29) is 29.4 Å². The Bertz CT molecular complexity index is 831. The number of hydrogen-bond acceptors (Lipinski definition) is 4. The van der Waals surface area contributed by atoms with Gasteiger partial charge in [0.1, 0.15) is 17.3 Å². The lowest BCUT2D eigenvalue weighted by molar-refractivity contribution is 0.331. The first-order chi connectivity index (χ1) is 11.0. The molecule has 2 aromatic rings. The van der Waals surface area contributed by atoms with E-state index < -0.39 is 17.4 Å². The summed E-state index contributed by atoms with van der Waals surface area (Å²) in [6, 6.07) is 6.47. The molecule has 0 spiro atoms. The molecule has 0 unspecified atom stereocenters. The molecule has 0 saturated carbocycles. The van der Waals surface area contributed by atoms with Gasteiger partial charge in [0.05, 0.1) is 17.9 Å². The Balaban J connectivity index is 2.13. The maximum absolute atomic E-state index is 13.5. The van der Waals surface area contributed by atoms with Crippen LogP contribution in [0.3, 0.4) is 0 Å². The number of fused-ring (bicyclic) bond motifs is 1. The fraction of sp³-hybridized carbons (Fsp3) is 0.118. The van der Waals surface area contributed by atoms with Gasteiger partial charge in [0.2, 0.25) is 0 Å². The van der Waals surface area contributed by atoms with Gasteiger partial charge in [0.25, 0.3) is 0 Å². The van der Waals surface area contributed by atoms with E-state index >= 15 is 0 Å². The summed E-state index contributed by atoms with van der Waals surface area (Å²) in [6.07, 6.45) is 0.359. The summed E-state index contributed by atoms with van der Waals surface area (Å²) in [7, 11) is 0. The molecule has 23 heavy (non-hydrogen) atoms. The Labute approximate surface area is 131 Å². The molecular formula is C17H13F2NO3. The van der Waals surface area contributed by atoms with E-state index in [1.165, 1.54) is 24.3 Å². The normalized spacial score (nSPS) is 13.6. The molecule has 4 nitrogen and oxygen atoms in total. The van der Waals surface area contributed by atoms with E-state index in [1.54, 1.807) is 0 Å². The second-order valence-electron chi connectivity index (χ2n) is 5.07. The van der Waals surface area contributed by atoms with Crippen molar-refractivity contribution in [3.8, 4) is 17.2 Å². The van der Waals surface area contributed by atoms with Crippen molar-refractivity contribution >= 4 is 17.2 Å². The number of nitrogens with zero attached hydrogens (tertiary/aromatic N) is 1. The summed E-state index contributed by atoms with van der Waals surface area (Å²) >= 11 is 0. The third kappa shape index (κ3) is 2.88. The monoisotopic (exact) mass is 317 g/mol. The van der Waals surface area contributed by atoms with Crippen molar-refractivity contribution in [2.45, 2.75) is 6.42 Å². The Hall–Kier alpha value is -2.89. The lowest BCUT2D eigenvalue weighted by Gasteiger charge is -2.10. The zero-order valence-corrected chi connectivity index (χ0v) is 12.0. The van der Waals surface area contributed by atoms with Gasteiger partial charge in [-0.25, -0.2) is 13.8 Å². The first kappa shape index (κ1) is 15.0. The van der Waals surface area contributed by atoms with E-state index in [9.17, 15) is 19.0 Å². The van der Waals surface area contributed by atoms with Crippen molar-refractivity contribution in [3.63, 3.8) is 0 Å². The molecule has 1 heterocycles. The smallest absolute Gasteiger partial charge is 0.165 e. The van der Waals surface area contributed by atoms with Gasteiger partial charge in [-0.05, 0) is 29.8 Å². The van der Waals surface area contributed by atoms with E-state index in [0.29, 0.717) is 17.7 Å². The summed E-state index contributed by atoms with van der Waals surface area (Å²) < 4.78 is 32.6. The Morgan fingerprint density at radius 2 is 2.00 bits per heavy atom. The molecule has 6 heteroatoms. The molecule has 2 aromatic carbocycles. The third-order valence-corrected chi connectivity index (χ3v) is 3.47. The van der Waals surface area contributed by atoms with Crippen molar-refractivity contribution < 1.29 is 23.7 Å². The summed E-state index contributed by atoms with van der Waals surface area (Å²) in [5, 5.41) is 19.0. The van der Waals surface area contributed by atoms with E-state index in [2.05, 4.69) is 11.6 Å². The molecule has 0 atom stereocenters. The largest absolute Gasteiger partial charge is 0.508 e. The summed E-state index contributed by atoms with van der Waals surface area (Å²) in [5.74, 6) is -1.95. The van der Waals surface area contributed by atoms with Crippen LogP contribution in [-0.4, -0.2) is 22.5 Å². The molecule has 0 amide bonds. The zero-order chi connectivity index (χ0) is 16.6. The number of phenols is 2. The predicted octanol–water partition coefficient (Wildman–Crippen LogP) is 4.08. The van der Waals surface area contributed by atoms with Gasteiger partial charge in [0.15, 0.2) is 17.3 Å². The molecule has 0 aliphatic carbocycles. The molecular weight excluding hydrogens is 304 g/mol. The van der Waals surface area contributed by atoms with Crippen LogP contribution in [0.1, 0.15) is 17.5 Å². The first-order valence-corrected chi connectivity index (χ1v) is 6.87. The van der Waals surface area contributed by atoms with Crippen molar-refractivity contribution in [3.05, 3.63) is 53.9 Å². The van der Waals surface area contributed by atoms with Crippen molar-refractivity contribution in [2.24, 2.45) is 4.99 Å². The molecule has 0 bridgehead atoms. The van der Waals surface area contributed by atoms with Crippen LogP contribution in [0.5, 0.6) is 17.2 Å². The Morgan fingerprint density at radius 3 is 2.70 bits per heavy atom. The Kier molecular flexibility index (Phi) is 3.73. The number of hydrogen-bond donors (Lipinski definition) is 2. The molecule has 0 saturated heterocycles. The van der Waals surface area contributed by atoms with E-state index in [1.807, 2.05) is 0 Å². The van der Waals surface area contributed by atoms with Gasteiger partial charge in [0, 0.05) is 12.5 Å². The Morgan fingerprint density at radius 1 is 1.22 bits per heavy atom. The molecule has 1 aliphatic heterocycles. The standard InChI is InChI=1S/C17H13F2NO3/c1-9(18)12-7-11(21)8-15-17(12)23-5-4-14(20-15)10-2-3-16(22)13(19)6-10/h2-3,6-8,21-22H,1,4-5H2. The zero-order valence-electron chi connectivity index (χ0n) is 12.0. The number of ether oxygens (including phenoxy) is 1. The molecule has 1 aliphatic rings. The average Bonchev–Trinajstić information content (AvgIpc) is 2.71. The van der Waals surface area contributed by atoms with Crippen LogP contribution in [0.15, 0.2) is 41.9 Å². The van der Waals surface area contributed by atoms with E-state index in [0.717, 1.165) is 6.07 Å². The van der Waals surface area contributed by atoms with Gasteiger partial charge in [-0.1, -0.05) is 6.58 Å². The first-order valence-electron chi connectivity index (χ1n) is 6.87. The maximum atomic E-state index is 13.5. The lowest BCUT2D eigenvalue weighted by atomic mass is 10.1. The van der Waals surface area contributed by atoms with E-state index in [4.69, 9.17) is 4.74 Å². The molecule has 2 N–H and O–H groups in total. The fourth-order valence-corrected chi connectivity index (χ4v) is 2.38. The summed E-state index contributed by atoms with van der Waals surface area (Å²) in [6.45, 7) is 3.43. The molecule has 0 aromatic heterocycles. The summed E-state index contributed by atoms with van der Waals surface area (Å²) in [4.78, 5) is 4.36.